The summed E-state index contributed by atoms with van der Waals surface area (Å²) in [4.78, 5) is 12.4. The SMILES string of the molecule is CCOc1ccc(S(=O)(=O)N[C@H](C)C(=O)NCc2ccccc2OC)cc1C. The number of ether oxygens (including phenoxy) is 2. The average Bonchev–Trinajstić information content (AvgIpc) is 2.67. The maximum Gasteiger partial charge on any atom is 0.241 e. The number of hydrogen-bond donors (Lipinski definition) is 2. The van der Waals surface area contributed by atoms with Crippen molar-refractivity contribution < 1.29 is 22.7 Å². The van der Waals surface area contributed by atoms with Gasteiger partial charge in [0.2, 0.25) is 15.9 Å². The Hall–Kier alpha value is -2.58. The van der Waals surface area contributed by atoms with Crippen LogP contribution in [0, 0.1) is 6.92 Å². The topological polar surface area (TPSA) is 93.7 Å². The molecule has 1 atom stereocenters. The number of aryl methyl sites for hydroxylation is 1. The summed E-state index contributed by atoms with van der Waals surface area (Å²) in [6, 6.07) is 10.9. The van der Waals surface area contributed by atoms with Gasteiger partial charge in [-0.1, -0.05) is 18.2 Å². The molecule has 2 N–H and O–H groups in total. The van der Waals surface area contributed by atoms with Crippen molar-refractivity contribution >= 4 is 15.9 Å². The lowest BCUT2D eigenvalue weighted by Gasteiger charge is -2.16. The molecule has 0 bridgehead atoms. The zero-order valence-electron chi connectivity index (χ0n) is 16.5. The summed E-state index contributed by atoms with van der Waals surface area (Å²) in [5.41, 5.74) is 1.51. The highest BCUT2D eigenvalue weighted by molar-refractivity contribution is 7.89. The van der Waals surface area contributed by atoms with E-state index >= 15 is 0 Å². The minimum absolute atomic E-state index is 0.0813. The molecule has 0 spiro atoms. The predicted molar refractivity (Wildman–Crippen MR) is 107 cm³/mol. The molecule has 2 aromatic carbocycles. The fraction of sp³-hybridized carbons (Fsp3) is 0.350. The second-order valence-corrected chi connectivity index (χ2v) is 7.95. The second kappa shape index (κ2) is 9.57. The van der Waals surface area contributed by atoms with Gasteiger partial charge in [0.15, 0.2) is 0 Å². The van der Waals surface area contributed by atoms with Gasteiger partial charge in [0.25, 0.3) is 0 Å². The number of hydrogen-bond acceptors (Lipinski definition) is 5. The number of rotatable bonds is 9. The molecule has 0 aliphatic heterocycles. The molecule has 0 aromatic heterocycles. The summed E-state index contributed by atoms with van der Waals surface area (Å²) >= 11 is 0. The van der Waals surface area contributed by atoms with Crippen LogP contribution >= 0.6 is 0 Å². The fourth-order valence-corrected chi connectivity index (χ4v) is 3.93. The lowest BCUT2D eigenvalue weighted by molar-refractivity contribution is -0.122. The average molecular weight is 407 g/mol. The molecule has 0 aliphatic rings. The van der Waals surface area contributed by atoms with Crippen LogP contribution < -0.4 is 19.5 Å². The van der Waals surface area contributed by atoms with Gasteiger partial charge in [-0.3, -0.25) is 4.79 Å². The third-order valence-electron chi connectivity index (χ3n) is 4.13. The largest absolute Gasteiger partial charge is 0.496 e. The summed E-state index contributed by atoms with van der Waals surface area (Å²) in [7, 11) is -2.29. The molecule has 1 amide bonds. The first-order valence-electron chi connectivity index (χ1n) is 8.94. The number of amides is 1. The van der Waals surface area contributed by atoms with Crippen molar-refractivity contribution in [3.05, 3.63) is 53.6 Å². The van der Waals surface area contributed by atoms with Gasteiger partial charge in [0.1, 0.15) is 11.5 Å². The van der Waals surface area contributed by atoms with Crippen molar-refractivity contribution in [2.75, 3.05) is 13.7 Å². The van der Waals surface area contributed by atoms with Crippen LogP contribution in [0.4, 0.5) is 0 Å². The summed E-state index contributed by atoms with van der Waals surface area (Å²) < 4.78 is 38.3. The van der Waals surface area contributed by atoms with E-state index in [0.717, 1.165) is 5.56 Å². The third kappa shape index (κ3) is 5.46. The number of sulfonamides is 1. The van der Waals surface area contributed by atoms with Gasteiger partial charge in [-0.15, -0.1) is 0 Å². The highest BCUT2D eigenvalue weighted by atomic mass is 32.2. The number of para-hydroxylation sites is 1. The molecule has 28 heavy (non-hydrogen) atoms. The Bertz CT molecular complexity index is 928. The van der Waals surface area contributed by atoms with Crippen LogP contribution in [0.2, 0.25) is 0 Å². The van der Waals surface area contributed by atoms with Gasteiger partial charge in [0, 0.05) is 12.1 Å². The van der Waals surface area contributed by atoms with Crippen LogP contribution in [0.15, 0.2) is 47.4 Å². The van der Waals surface area contributed by atoms with Crippen molar-refractivity contribution in [2.45, 2.75) is 38.3 Å². The van der Waals surface area contributed by atoms with E-state index in [9.17, 15) is 13.2 Å². The molecule has 0 saturated carbocycles. The standard InChI is InChI=1S/C20H26N2O5S/c1-5-27-18-11-10-17(12-14(18)2)28(24,25)22-15(3)20(23)21-13-16-8-6-7-9-19(16)26-4/h6-12,15,22H,5,13H2,1-4H3,(H,21,23)/t15-/m1/s1. The molecule has 152 valence electrons. The molecule has 0 unspecified atom stereocenters. The summed E-state index contributed by atoms with van der Waals surface area (Å²) in [5, 5.41) is 2.72. The van der Waals surface area contributed by atoms with Crippen molar-refractivity contribution in [2.24, 2.45) is 0 Å². The second-order valence-electron chi connectivity index (χ2n) is 6.23. The van der Waals surface area contributed by atoms with Crippen molar-refractivity contribution in [1.29, 1.82) is 0 Å². The van der Waals surface area contributed by atoms with E-state index in [2.05, 4.69) is 10.0 Å². The zero-order valence-corrected chi connectivity index (χ0v) is 17.3. The van der Waals surface area contributed by atoms with E-state index in [-0.39, 0.29) is 11.4 Å². The molecule has 7 nitrogen and oxygen atoms in total. The molecule has 0 fully saturated rings. The van der Waals surface area contributed by atoms with Crippen LogP contribution in [0.3, 0.4) is 0 Å². The van der Waals surface area contributed by atoms with Crippen LogP contribution in [0.25, 0.3) is 0 Å². The number of methoxy groups -OCH3 is 1. The van der Waals surface area contributed by atoms with Gasteiger partial charge < -0.3 is 14.8 Å². The van der Waals surface area contributed by atoms with Gasteiger partial charge in [-0.25, -0.2) is 8.42 Å². The van der Waals surface area contributed by atoms with Crippen molar-refractivity contribution in [3.8, 4) is 11.5 Å². The number of carbonyl (C=O) groups is 1. The van der Waals surface area contributed by atoms with Crippen LogP contribution in [-0.2, 0) is 21.4 Å². The minimum Gasteiger partial charge on any atom is -0.496 e. The number of carbonyl (C=O) groups excluding carboxylic acids is 1. The summed E-state index contributed by atoms with van der Waals surface area (Å²) in [5.74, 6) is 0.849. The van der Waals surface area contributed by atoms with Crippen molar-refractivity contribution in [3.63, 3.8) is 0 Å². The van der Waals surface area contributed by atoms with E-state index in [4.69, 9.17) is 9.47 Å². The Morgan fingerprint density at radius 3 is 2.50 bits per heavy atom. The van der Waals surface area contributed by atoms with Crippen LogP contribution in [0.5, 0.6) is 11.5 Å². The maximum absolute atomic E-state index is 12.6. The van der Waals surface area contributed by atoms with E-state index in [1.54, 1.807) is 26.2 Å². The number of nitrogens with one attached hydrogen (secondary N) is 2. The van der Waals surface area contributed by atoms with Gasteiger partial charge in [0.05, 0.1) is 24.7 Å². The first kappa shape index (κ1) is 21.7. The Kier molecular flexibility index (Phi) is 7.42. The molecule has 8 heteroatoms. The van der Waals surface area contributed by atoms with Gasteiger partial charge >= 0.3 is 0 Å². The van der Waals surface area contributed by atoms with E-state index in [1.165, 1.54) is 19.1 Å². The Morgan fingerprint density at radius 2 is 1.86 bits per heavy atom. The summed E-state index contributed by atoms with van der Waals surface area (Å²) in [6.45, 7) is 5.85. The maximum atomic E-state index is 12.6. The van der Waals surface area contributed by atoms with Gasteiger partial charge in [-0.05, 0) is 50.6 Å². The molecule has 0 saturated heterocycles. The quantitative estimate of drug-likeness (QED) is 0.667. The van der Waals surface area contributed by atoms with Crippen LogP contribution in [0.1, 0.15) is 25.0 Å². The van der Waals surface area contributed by atoms with Gasteiger partial charge in [-0.2, -0.15) is 4.72 Å². The normalized spacial score (nSPS) is 12.3. The molecule has 0 radical (unpaired) electrons. The number of benzene rings is 2. The van der Waals surface area contributed by atoms with E-state index in [0.29, 0.717) is 23.7 Å². The monoisotopic (exact) mass is 406 g/mol. The van der Waals surface area contributed by atoms with E-state index in [1.807, 2.05) is 25.1 Å². The Labute approximate surface area is 166 Å². The molecule has 2 aromatic rings. The smallest absolute Gasteiger partial charge is 0.241 e. The first-order valence-corrected chi connectivity index (χ1v) is 10.4. The Balaban J connectivity index is 2.03. The molecule has 0 aliphatic carbocycles. The Morgan fingerprint density at radius 1 is 1.14 bits per heavy atom. The van der Waals surface area contributed by atoms with E-state index < -0.39 is 22.0 Å². The lowest BCUT2D eigenvalue weighted by atomic mass is 10.2. The van der Waals surface area contributed by atoms with Crippen molar-refractivity contribution in [1.82, 2.24) is 10.0 Å². The highest BCUT2D eigenvalue weighted by Crippen LogP contribution is 2.22. The molecular formula is C20H26N2O5S. The fourth-order valence-electron chi connectivity index (χ4n) is 2.65. The van der Waals surface area contributed by atoms with Crippen LogP contribution in [-0.4, -0.2) is 34.1 Å². The third-order valence-corrected chi connectivity index (χ3v) is 5.67. The molecule has 2 rings (SSSR count). The highest BCUT2D eigenvalue weighted by Gasteiger charge is 2.22. The molecular weight excluding hydrogens is 380 g/mol. The predicted octanol–water partition coefficient (Wildman–Crippen LogP) is 2.39. The minimum atomic E-state index is -3.85. The first-order chi connectivity index (χ1) is 13.3. The molecule has 0 heterocycles. The lowest BCUT2D eigenvalue weighted by Crippen LogP contribution is -2.44. The zero-order chi connectivity index (χ0) is 20.7. The summed E-state index contributed by atoms with van der Waals surface area (Å²) in [6.07, 6.45) is 0.